The molecule has 0 spiro atoms. The predicted molar refractivity (Wildman–Crippen MR) is 111 cm³/mol. The number of nitro benzene ring substituents is 2. The third-order valence-electron chi connectivity index (χ3n) is 4.82. The third-order valence-corrected chi connectivity index (χ3v) is 4.82. The number of ether oxygens (including phenoxy) is 1. The number of rotatable bonds is 6. The highest BCUT2D eigenvalue weighted by Crippen LogP contribution is 2.38. The minimum Gasteiger partial charge on any atom is -0.478 e. The molecule has 31 heavy (non-hydrogen) atoms. The molecule has 1 atom stereocenters. The van der Waals surface area contributed by atoms with E-state index in [2.05, 4.69) is 5.32 Å². The lowest BCUT2D eigenvalue weighted by atomic mass is 10.0. The molecule has 1 heterocycles. The zero-order valence-corrected chi connectivity index (χ0v) is 17.0. The maximum atomic E-state index is 12.9. The van der Waals surface area contributed by atoms with Gasteiger partial charge in [0.25, 0.3) is 17.3 Å². The molecule has 2 aromatic rings. The highest BCUT2D eigenvalue weighted by molar-refractivity contribution is 6.06. The van der Waals surface area contributed by atoms with Gasteiger partial charge < -0.3 is 10.1 Å². The highest BCUT2D eigenvalue weighted by atomic mass is 16.6. The largest absolute Gasteiger partial charge is 0.478 e. The monoisotopic (exact) mass is 428 g/mol. The van der Waals surface area contributed by atoms with Gasteiger partial charge in [0.1, 0.15) is 6.54 Å². The molecule has 0 aromatic heterocycles. The Balaban J connectivity index is 1.90. The number of nitrogens with one attached hydrogen (secondary N) is 1. The van der Waals surface area contributed by atoms with E-state index < -0.39 is 34.3 Å². The van der Waals surface area contributed by atoms with Gasteiger partial charge in [-0.3, -0.25) is 34.7 Å². The molecule has 3 rings (SSSR count). The standard InChI is InChI=1S/C20H20N4O7/c1-11(2)19-20(26)22(16-7-6-14(24(29)30)9-17(16)31-19)10-18(25)21-15-8-13(23(27)28)5-4-12(15)3/h4-9,11,19H,10H2,1-3H3,(H,21,25). The molecule has 0 aliphatic carbocycles. The average molecular weight is 428 g/mol. The van der Waals surface area contributed by atoms with E-state index in [4.69, 9.17) is 4.74 Å². The van der Waals surface area contributed by atoms with Gasteiger partial charge in [-0.25, -0.2) is 0 Å². The van der Waals surface area contributed by atoms with Crippen molar-refractivity contribution in [1.29, 1.82) is 0 Å². The first kappa shape index (κ1) is 21.7. The summed E-state index contributed by atoms with van der Waals surface area (Å²) in [4.78, 5) is 47.8. The first-order chi connectivity index (χ1) is 14.6. The molecule has 1 N–H and O–H groups in total. The topological polar surface area (TPSA) is 145 Å². The van der Waals surface area contributed by atoms with Gasteiger partial charge in [0.05, 0.1) is 27.3 Å². The van der Waals surface area contributed by atoms with Crippen LogP contribution in [0.5, 0.6) is 5.75 Å². The Kier molecular flexibility index (Phi) is 5.86. The van der Waals surface area contributed by atoms with Gasteiger partial charge >= 0.3 is 0 Å². The number of aryl methyl sites for hydroxylation is 1. The molecule has 162 valence electrons. The summed E-state index contributed by atoms with van der Waals surface area (Å²) in [6.07, 6.45) is -0.915. The molecule has 0 saturated heterocycles. The molecular weight excluding hydrogens is 408 g/mol. The van der Waals surface area contributed by atoms with Gasteiger partial charge in [-0.1, -0.05) is 19.9 Å². The van der Waals surface area contributed by atoms with E-state index in [0.29, 0.717) is 5.56 Å². The molecular formula is C20H20N4O7. The number of non-ortho nitro benzene ring substituents is 2. The van der Waals surface area contributed by atoms with E-state index in [1.165, 1.54) is 41.3 Å². The molecule has 1 aliphatic rings. The summed E-state index contributed by atoms with van der Waals surface area (Å²) in [5, 5.41) is 24.7. The summed E-state index contributed by atoms with van der Waals surface area (Å²) in [5.74, 6) is -1.15. The van der Waals surface area contributed by atoms with E-state index in [-0.39, 0.29) is 34.4 Å². The molecule has 2 amide bonds. The van der Waals surface area contributed by atoms with Crippen LogP contribution >= 0.6 is 0 Å². The number of hydrogen-bond acceptors (Lipinski definition) is 7. The molecule has 11 heteroatoms. The molecule has 0 bridgehead atoms. The Morgan fingerprint density at radius 1 is 1.13 bits per heavy atom. The second-order valence-corrected chi connectivity index (χ2v) is 7.42. The molecule has 1 unspecified atom stereocenters. The number of anilines is 2. The van der Waals surface area contributed by atoms with Crippen molar-refractivity contribution in [3.8, 4) is 5.75 Å². The van der Waals surface area contributed by atoms with E-state index in [9.17, 15) is 29.8 Å². The van der Waals surface area contributed by atoms with Crippen molar-refractivity contribution in [3.63, 3.8) is 0 Å². The van der Waals surface area contributed by atoms with Crippen LogP contribution in [0.25, 0.3) is 0 Å². The van der Waals surface area contributed by atoms with Gasteiger partial charge in [-0.15, -0.1) is 0 Å². The predicted octanol–water partition coefficient (Wildman–Crippen LogP) is 3.20. The summed E-state index contributed by atoms with van der Waals surface area (Å²) < 4.78 is 5.69. The number of carbonyl (C=O) groups is 2. The first-order valence-electron chi connectivity index (χ1n) is 9.40. The van der Waals surface area contributed by atoms with Gasteiger partial charge in [-0.05, 0) is 24.5 Å². The number of benzene rings is 2. The summed E-state index contributed by atoms with van der Waals surface area (Å²) >= 11 is 0. The number of carbonyl (C=O) groups excluding carboxylic acids is 2. The van der Waals surface area contributed by atoms with Crippen LogP contribution in [0.15, 0.2) is 36.4 Å². The van der Waals surface area contributed by atoms with Crippen molar-refractivity contribution in [1.82, 2.24) is 0 Å². The molecule has 0 radical (unpaired) electrons. The summed E-state index contributed by atoms with van der Waals surface area (Å²) in [7, 11) is 0. The van der Waals surface area contributed by atoms with E-state index in [1.807, 2.05) is 0 Å². The zero-order chi connectivity index (χ0) is 22.9. The third kappa shape index (κ3) is 4.44. The number of nitro groups is 2. The number of fused-ring (bicyclic) bond motifs is 1. The van der Waals surface area contributed by atoms with Gasteiger partial charge in [0, 0.05) is 18.2 Å². The second kappa shape index (κ2) is 8.38. The van der Waals surface area contributed by atoms with Crippen LogP contribution in [-0.2, 0) is 9.59 Å². The Labute approximate surface area is 176 Å². The SMILES string of the molecule is Cc1ccc([N+](=O)[O-])cc1NC(=O)CN1C(=O)C(C(C)C)Oc2cc([N+](=O)[O-])ccc21. The van der Waals surface area contributed by atoms with Crippen molar-refractivity contribution < 1.29 is 24.2 Å². The van der Waals surface area contributed by atoms with Crippen LogP contribution in [0, 0.1) is 33.1 Å². The first-order valence-corrected chi connectivity index (χ1v) is 9.40. The summed E-state index contributed by atoms with van der Waals surface area (Å²) in [6, 6.07) is 7.87. The van der Waals surface area contributed by atoms with Crippen LogP contribution in [-0.4, -0.2) is 34.3 Å². The number of amides is 2. The van der Waals surface area contributed by atoms with Crippen LogP contribution in [0.3, 0.4) is 0 Å². The molecule has 11 nitrogen and oxygen atoms in total. The van der Waals surface area contributed by atoms with E-state index in [0.717, 1.165) is 0 Å². The summed E-state index contributed by atoms with van der Waals surface area (Å²) in [5.41, 5.74) is 0.721. The minimum absolute atomic E-state index is 0.131. The lowest BCUT2D eigenvalue weighted by molar-refractivity contribution is -0.385. The number of nitrogens with zero attached hydrogens (tertiary/aromatic N) is 3. The van der Waals surface area contributed by atoms with Gasteiger partial charge in [-0.2, -0.15) is 0 Å². The lowest BCUT2D eigenvalue weighted by Crippen LogP contribution is -2.50. The molecule has 0 saturated carbocycles. The fraction of sp³-hybridized carbons (Fsp3) is 0.300. The number of hydrogen-bond donors (Lipinski definition) is 1. The van der Waals surface area contributed by atoms with Crippen molar-refractivity contribution in [2.75, 3.05) is 16.8 Å². The molecule has 1 aliphatic heterocycles. The van der Waals surface area contributed by atoms with Crippen molar-refractivity contribution in [2.24, 2.45) is 5.92 Å². The maximum absolute atomic E-state index is 12.9. The van der Waals surface area contributed by atoms with E-state index >= 15 is 0 Å². The quantitative estimate of drug-likeness (QED) is 0.549. The Morgan fingerprint density at radius 3 is 2.35 bits per heavy atom. The van der Waals surface area contributed by atoms with Gasteiger partial charge in [0.15, 0.2) is 11.9 Å². The fourth-order valence-corrected chi connectivity index (χ4v) is 3.17. The smallest absolute Gasteiger partial charge is 0.273 e. The van der Waals surface area contributed by atoms with E-state index in [1.54, 1.807) is 20.8 Å². The second-order valence-electron chi connectivity index (χ2n) is 7.42. The van der Waals surface area contributed by atoms with Crippen LogP contribution in [0.4, 0.5) is 22.7 Å². The van der Waals surface area contributed by atoms with Crippen molar-refractivity contribution >= 4 is 34.6 Å². The zero-order valence-electron chi connectivity index (χ0n) is 17.0. The highest BCUT2D eigenvalue weighted by Gasteiger charge is 2.38. The van der Waals surface area contributed by atoms with Crippen LogP contribution < -0.4 is 15.0 Å². The molecule has 2 aromatic carbocycles. The van der Waals surface area contributed by atoms with Crippen molar-refractivity contribution in [3.05, 3.63) is 62.2 Å². The maximum Gasteiger partial charge on any atom is 0.273 e. The summed E-state index contributed by atoms with van der Waals surface area (Å²) in [6.45, 7) is 4.81. The average Bonchev–Trinajstić information content (AvgIpc) is 2.70. The van der Waals surface area contributed by atoms with Crippen LogP contribution in [0.1, 0.15) is 19.4 Å². The normalized spacial score (nSPS) is 15.3. The lowest BCUT2D eigenvalue weighted by Gasteiger charge is -2.35. The Morgan fingerprint density at radius 2 is 1.74 bits per heavy atom. The van der Waals surface area contributed by atoms with Gasteiger partial charge in [0.2, 0.25) is 5.91 Å². The Hall–Kier alpha value is -4.02. The molecule has 0 fully saturated rings. The minimum atomic E-state index is -0.915. The van der Waals surface area contributed by atoms with Crippen molar-refractivity contribution in [2.45, 2.75) is 26.9 Å². The van der Waals surface area contributed by atoms with Crippen LogP contribution in [0.2, 0.25) is 0 Å². The fourth-order valence-electron chi connectivity index (χ4n) is 3.17. The Bertz CT molecular complexity index is 1080.